The van der Waals surface area contributed by atoms with E-state index in [0.29, 0.717) is 12.5 Å². The number of ether oxygens (including phenoxy) is 1. The van der Waals surface area contributed by atoms with Crippen LogP contribution in [-0.2, 0) is 0 Å². The number of hydrogen-bond donors (Lipinski definition) is 3. The van der Waals surface area contributed by atoms with Crippen LogP contribution < -0.4 is 21.1 Å². The molecule has 1 aliphatic rings. The van der Waals surface area contributed by atoms with E-state index in [1.807, 2.05) is 24.3 Å². The minimum Gasteiger partial charge on any atom is -0.495 e. The number of nitrogens with one attached hydrogen (secondary N) is 2. The van der Waals surface area contributed by atoms with Crippen molar-refractivity contribution in [2.45, 2.75) is 44.2 Å². The van der Waals surface area contributed by atoms with Crippen LogP contribution in [0.1, 0.15) is 44.2 Å². The molecule has 1 aliphatic carbocycles. The van der Waals surface area contributed by atoms with Gasteiger partial charge in [0.2, 0.25) is 0 Å². The summed E-state index contributed by atoms with van der Waals surface area (Å²) in [6.07, 6.45) is 4.69. The fourth-order valence-electron chi connectivity index (χ4n) is 3.85. The molecule has 1 unspecified atom stereocenters. The lowest BCUT2D eigenvalue weighted by molar-refractivity contribution is 0.308. The second kappa shape index (κ2) is 8.91. The Morgan fingerprint density at radius 3 is 2.48 bits per heavy atom. The summed E-state index contributed by atoms with van der Waals surface area (Å²) >= 11 is 0. The minimum absolute atomic E-state index is 0.00231. The van der Waals surface area contributed by atoms with E-state index >= 15 is 0 Å². The van der Waals surface area contributed by atoms with Crippen molar-refractivity contribution < 1.29 is 4.74 Å². The van der Waals surface area contributed by atoms with Gasteiger partial charge < -0.3 is 21.1 Å². The van der Waals surface area contributed by atoms with Crippen LogP contribution in [-0.4, -0.2) is 25.2 Å². The highest BCUT2D eigenvalue weighted by Crippen LogP contribution is 2.32. The number of rotatable bonds is 7. The first-order chi connectivity index (χ1) is 13.1. The number of hydrogen-bond acceptors (Lipinski definition) is 3. The average molecular weight is 367 g/mol. The van der Waals surface area contributed by atoms with Crippen molar-refractivity contribution in [3.05, 3.63) is 60.2 Å². The van der Waals surface area contributed by atoms with Crippen LogP contribution in [0.25, 0.3) is 0 Å². The van der Waals surface area contributed by atoms with Gasteiger partial charge in [0.15, 0.2) is 5.96 Å². The number of nitrogens with zero attached hydrogens (tertiary/aromatic N) is 1. The second-order valence-corrected chi connectivity index (χ2v) is 7.29. The summed E-state index contributed by atoms with van der Waals surface area (Å²) in [4.78, 5) is 4.66. The van der Waals surface area contributed by atoms with Gasteiger partial charge in [-0.15, -0.1) is 0 Å². The molecule has 1 saturated carbocycles. The lowest BCUT2D eigenvalue weighted by Gasteiger charge is -2.33. The van der Waals surface area contributed by atoms with Gasteiger partial charge in [-0.3, -0.25) is 4.99 Å². The normalized spacial score (nSPS) is 17.5. The van der Waals surface area contributed by atoms with Gasteiger partial charge in [-0.1, -0.05) is 55.3 Å². The van der Waals surface area contributed by atoms with Crippen LogP contribution in [0.3, 0.4) is 0 Å². The molecule has 0 radical (unpaired) electrons. The van der Waals surface area contributed by atoms with E-state index in [-0.39, 0.29) is 11.6 Å². The first-order valence-corrected chi connectivity index (χ1v) is 9.64. The van der Waals surface area contributed by atoms with Gasteiger partial charge in [-0.05, 0) is 37.5 Å². The molecule has 0 aromatic heterocycles. The van der Waals surface area contributed by atoms with Crippen molar-refractivity contribution in [3.8, 4) is 5.75 Å². The first-order valence-electron chi connectivity index (χ1n) is 9.64. The lowest BCUT2D eigenvalue weighted by atomic mass is 9.95. The molecule has 0 amide bonds. The molecule has 0 heterocycles. The molecule has 27 heavy (non-hydrogen) atoms. The Balaban J connectivity index is 1.67. The zero-order valence-electron chi connectivity index (χ0n) is 16.2. The Hall–Kier alpha value is -2.53. The van der Waals surface area contributed by atoms with Gasteiger partial charge in [-0.2, -0.15) is 0 Å². The highest BCUT2D eigenvalue weighted by Gasteiger charge is 2.34. The number of nitrogens with two attached hydrogens (primary N) is 1. The second-order valence-electron chi connectivity index (χ2n) is 7.29. The molecule has 0 bridgehead atoms. The topological polar surface area (TPSA) is 71.7 Å². The quantitative estimate of drug-likeness (QED) is 0.510. The average Bonchev–Trinajstić information content (AvgIpc) is 3.16. The van der Waals surface area contributed by atoms with Crippen LogP contribution in [0.5, 0.6) is 5.75 Å². The molecular formula is C22H30N4O. The zero-order valence-corrected chi connectivity index (χ0v) is 16.2. The van der Waals surface area contributed by atoms with E-state index in [1.54, 1.807) is 7.11 Å². The number of methoxy groups -OCH3 is 1. The molecule has 5 nitrogen and oxygen atoms in total. The van der Waals surface area contributed by atoms with Crippen LogP contribution in [0.4, 0.5) is 5.69 Å². The number of guanidine groups is 1. The summed E-state index contributed by atoms with van der Waals surface area (Å²) in [5, 5.41) is 7.00. The van der Waals surface area contributed by atoms with Gasteiger partial charge in [0, 0.05) is 11.6 Å². The monoisotopic (exact) mass is 366 g/mol. The largest absolute Gasteiger partial charge is 0.495 e. The summed E-state index contributed by atoms with van der Waals surface area (Å²) in [7, 11) is 1.65. The smallest absolute Gasteiger partial charge is 0.193 e. The SMILES string of the molecule is COc1ccccc1NC(N)=NCC1(NC(C)c2ccccc2)CCCC1. The third kappa shape index (κ3) is 5.01. The predicted molar refractivity (Wildman–Crippen MR) is 112 cm³/mol. The molecule has 1 atom stereocenters. The molecule has 0 saturated heterocycles. The Morgan fingerprint density at radius 2 is 1.78 bits per heavy atom. The number of benzene rings is 2. The molecular weight excluding hydrogens is 336 g/mol. The summed E-state index contributed by atoms with van der Waals surface area (Å²) in [6, 6.07) is 18.5. The Labute approximate surface area is 162 Å². The van der Waals surface area contributed by atoms with Crippen molar-refractivity contribution in [2.75, 3.05) is 19.0 Å². The van der Waals surface area contributed by atoms with E-state index < -0.39 is 0 Å². The van der Waals surface area contributed by atoms with Crippen LogP contribution in [0.15, 0.2) is 59.6 Å². The highest BCUT2D eigenvalue weighted by atomic mass is 16.5. The molecule has 0 aliphatic heterocycles. The van der Waals surface area contributed by atoms with Crippen molar-refractivity contribution >= 4 is 11.6 Å². The zero-order chi connectivity index (χ0) is 19.1. The van der Waals surface area contributed by atoms with Crippen LogP contribution in [0, 0.1) is 0 Å². The van der Waals surface area contributed by atoms with E-state index in [1.165, 1.54) is 18.4 Å². The molecule has 3 rings (SSSR count). The summed E-state index contributed by atoms with van der Waals surface area (Å²) in [5.74, 6) is 1.17. The van der Waals surface area contributed by atoms with Crippen molar-refractivity contribution in [3.63, 3.8) is 0 Å². The summed E-state index contributed by atoms with van der Waals surface area (Å²) in [5.41, 5.74) is 8.29. The maximum absolute atomic E-state index is 6.16. The maximum atomic E-state index is 6.16. The maximum Gasteiger partial charge on any atom is 0.193 e. The molecule has 2 aromatic carbocycles. The number of aliphatic imine (C=N–C) groups is 1. The molecule has 4 N–H and O–H groups in total. The predicted octanol–water partition coefficient (Wildman–Crippen LogP) is 4.09. The standard InChI is InChI=1S/C22H30N4O/c1-17(18-10-4-3-5-11-18)26-22(14-8-9-15-22)16-24-21(23)25-19-12-6-7-13-20(19)27-2/h3-7,10-13,17,26H,8-9,14-16H2,1-2H3,(H3,23,24,25). The first kappa shape index (κ1) is 19.2. The fourth-order valence-corrected chi connectivity index (χ4v) is 3.85. The lowest BCUT2D eigenvalue weighted by Crippen LogP contribution is -2.47. The van der Waals surface area contributed by atoms with E-state index in [2.05, 4.69) is 52.9 Å². The van der Waals surface area contributed by atoms with Gasteiger partial charge in [-0.25, -0.2) is 0 Å². The fraction of sp³-hybridized carbons (Fsp3) is 0.409. The molecule has 144 valence electrons. The third-order valence-electron chi connectivity index (χ3n) is 5.30. The van der Waals surface area contributed by atoms with Gasteiger partial charge in [0.1, 0.15) is 5.75 Å². The molecule has 5 heteroatoms. The van der Waals surface area contributed by atoms with Crippen molar-refractivity contribution in [1.82, 2.24) is 5.32 Å². The van der Waals surface area contributed by atoms with Gasteiger partial charge >= 0.3 is 0 Å². The van der Waals surface area contributed by atoms with Crippen molar-refractivity contribution in [1.29, 1.82) is 0 Å². The summed E-state index contributed by atoms with van der Waals surface area (Å²) < 4.78 is 5.36. The number of para-hydroxylation sites is 2. The number of anilines is 1. The Kier molecular flexibility index (Phi) is 6.35. The molecule has 2 aromatic rings. The van der Waals surface area contributed by atoms with E-state index in [9.17, 15) is 0 Å². The van der Waals surface area contributed by atoms with Crippen LogP contribution in [0.2, 0.25) is 0 Å². The Morgan fingerprint density at radius 1 is 1.11 bits per heavy atom. The molecule has 0 spiro atoms. The van der Waals surface area contributed by atoms with Gasteiger partial charge in [0.25, 0.3) is 0 Å². The Bertz CT molecular complexity index is 754. The van der Waals surface area contributed by atoms with Gasteiger partial charge in [0.05, 0.1) is 19.3 Å². The van der Waals surface area contributed by atoms with E-state index in [0.717, 1.165) is 24.3 Å². The third-order valence-corrected chi connectivity index (χ3v) is 5.30. The van der Waals surface area contributed by atoms with E-state index in [4.69, 9.17) is 10.5 Å². The highest BCUT2D eigenvalue weighted by molar-refractivity contribution is 5.93. The van der Waals surface area contributed by atoms with Crippen molar-refractivity contribution in [2.24, 2.45) is 10.7 Å². The summed E-state index contributed by atoms with van der Waals surface area (Å²) in [6.45, 7) is 2.88. The minimum atomic E-state index is 0.00231. The molecule has 1 fully saturated rings. The van der Waals surface area contributed by atoms with Crippen LogP contribution >= 0.6 is 0 Å².